The summed E-state index contributed by atoms with van der Waals surface area (Å²) in [6, 6.07) is 74.5. The first kappa shape index (κ1) is 32.8. The molecule has 58 heavy (non-hydrogen) atoms. The van der Waals surface area contributed by atoms with E-state index in [0.29, 0.717) is 0 Å². The topological polar surface area (TPSA) is 21.3 Å². The molecule has 3 nitrogen and oxygen atoms in total. The maximum absolute atomic E-state index is 6.44. The van der Waals surface area contributed by atoms with Crippen LogP contribution in [0.1, 0.15) is 0 Å². The largest absolute Gasteiger partial charge is 0.455 e. The Morgan fingerprint density at radius 2 is 0.966 bits per heavy atom. The Bertz CT molecular complexity index is 3460. The molecule has 0 atom stereocenters. The van der Waals surface area contributed by atoms with Gasteiger partial charge in [-0.1, -0.05) is 121 Å². The van der Waals surface area contributed by atoms with E-state index in [4.69, 9.17) is 4.42 Å². The molecule has 272 valence electrons. The van der Waals surface area contributed by atoms with Crippen LogP contribution in [-0.4, -0.2) is 4.57 Å². The van der Waals surface area contributed by atoms with Gasteiger partial charge in [-0.15, -0.1) is 11.3 Å². The molecule has 3 heterocycles. The van der Waals surface area contributed by atoms with Gasteiger partial charge in [0.05, 0.1) is 11.0 Å². The fraction of sp³-hybridized carbons (Fsp3) is 0. The summed E-state index contributed by atoms with van der Waals surface area (Å²) < 4.78 is 11.4. The second-order valence-electron chi connectivity index (χ2n) is 14.9. The van der Waals surface area contributed by atoms with Crippen LogP contribution < -0.4 is 4.90 Å². The average molecular weight is 759 g/mol. The van der Waals surface area contributed by atoms with Gasteiger partial charge in [-0.05, 0) is 102 Å². The minimum atomic E-state index is 0.906. The molecule has 12 rings (SSSR count). The highest BCUT2D eigenvalue weighted by molar-refractivity contribution is 7.25. The van der Waals surface area contributed by atoms with E-state index in [0.717, 1.165) is 55.8 Å². The van der Waals surface area contributed by atoms with Crippen LogP contribution in [0, 0.1) is 0 Å². The van der Waals surface area contributed by atoms with Gasteiger partial charge in [-0.25, -0.2) is 0 Å². The molecule has 0 unspecified atom stereocenters. The minimum absolute atomic E-state index is 0.906. The first-order chi connectivity index (χ1) is 28.7. The third-order valence-corrected chi connectivity index (χ3v) is 12.8. The third-order valence-electron chi connectivity index (χ3n) is 11.6. The van der Waals surface area contributed by atoms with Crippen LogP contribution in [0.15, 0.2) is 211 Å². The Hall–Kier alpha value is -7.40. The molecule has 4 heteroatoms. The van der Waals surface area contributed by atoms with Crippen LogP contribution in [0.25, 0.3) is 91.9 Å². The van der Waals surface area contributed by atoms with E-state index >= 15 is 0 Å². The van der Waals surface area contributed by atoms with Gasteiger partial charge in [-0.2, -0.15) is 0 Å². The summed E-state index contributed by atoms with van der Waals surface area (Å²) in [6.07, 6.45) is 0. The average Bonchev–Trinajstić information content (AvgIpc) is 3.97. The molecule has 0 aliphatic carbocycles. The van der Waals surface area contributed by atoms with E-state index in [1.807, 2.05) is 23.5 Å². The number of nitrogens with zero attached hydrogens (tertiary/aromatic N) is 2. The normalized spacial score (nSPS) is 11.8. The van der Waals surface area contributed by atoms with E-state index in [2.05, 4.69) is 204 Å². The molecular formula is C54H34N2OS. The van der Waals surface area contributed by atoms with E-state index in [1.54, 1.807) is 0 Å². The maximum atomic E-state index is 6.44. The van der Waals surface area contributed by atoms with Crippen molar-refractivity contribution in [2.24, 2.45) is 0 Å². The van der Waals surface area contributed by atoms with Gasteiger partial charge < -0.3 is 13.9 Å². The Labute approximate surface area is 338 Å². The molecule has 0 saturated heterocycles. The number of thiophene rings is 1. The van der Waals surface area contributed by atoms with Gasteiger partial charge in [-0.3, -0.25) is 0 Å². The van der Waals surface area contributed by atoms with Crippen LogP contribution in [-0.2, 0) is 0 Å². The van der Waals surface area contributed by atoms with E-state index in [-0.39, 0.29) is 0 Å². The van der Waals surface area contributed by atoms with Gasteiger partial charge in [0.25, 0.3) is 0 Å². The minimum Gasteiger partial charge on any atom is -0.455 e. The lowest BCUT2D eigenvalue weighted by Gasteiger charge is -2.26. The third kappa shape index (κ3) is 5.19. The van der Waals surface area contributed by atoms with Crippen molar-refractivity contribution < 1.29 is 4.42 Å². The lowest BCUT2D eigenvalue weighted by molar-refractivity contribution is 0.670. The first-order valence-electron chi connectivity index (χ1n) is 19.7. The zero-order chi connectivity index (χ0) is 38.2. The number of hydrogen-bond donors (Lipinski definition) is 0. The number of rotatable bonds is 6. The summed E-state index contributed by atoms with van der Waals surface area (Å²) in [5, 5.41) is 7.39. The molecule has 0 aliphatic rings. The molecule has 0 N–H and O–H groups in total. The van der Waals surface area contributed by atoms with Crippen molar-refractivity contribution in [3.8, 4) is 27.9 Å². The number of hydrogen-bond acceptors (Lipinski definition) is 3. The smallest absolute Gasteiger partial charge is 0.143 e. The molecule has 9 aromatic carbocycles. The standard InChI is InChI=1S/C54H34N2OS/c1-5-19-49-43(13-1)44-14-2-6-20-50(44)56(49)40-30-28-39(29-31-40)55(38-26-23-35(24-27-38)42-17-10-18-47-45-15-3-7-21-51(45)57-54(42)47)41-12-9-11-36(33-41)37-25-32-53-48(34-37)46-16-4-8-22-52(46)58-53/h1-34H. The molecule has 0 amide bonds. The van der Waals surface area contributed by atoms with Crippen molar-refractivity contribution >= 4 is 92.3 Å². The SMILES string of the molecule is c1cc(-c2ccc3sc4ccccc4c3c2)cc(N(c2ccc(-c3cccc4c3oc3ccccc34)cc2)c2ccc(-n3c4ccccc4c4ccccc43)cc2)c1. The monoisotopic (exact) mass is 758 g/mol. The zero-order valence-electron chi connectivity index (χ0n) is 31.3. The summed E-state index contributed by atoms with van der Waals surface area (Å²) >= 11 is 1.85. The number of fused-ring (bicyclic) bond motifs is 9. The molecule has 0 aliphatic heterocycles. The van der Waals surface area contributed by atoms with Gasteiger partial charge in [0.1, 0.15) is 11.2 Å². The molecule has 12 aromatic rings. The van der Waals surface area contributed by atoms with Gasteiger partial charge in [0, 0.05) is 70.0 Å². The van der Waals surface area contributed by atoms with Crippen LogP contribution in [0.4, 0.5) is 17.1 Å². The van der Waals surface area contributed by atoms with Crippen molar-refractivity contribution in [2.75, 3.05) is 4.90 Å². The van der Waals surface area contributed by atoms with Crippen molar-refractivity contribution in [1.29, 1.82) is 0 Å². The summed E-state index contributed by atoms with van der Waals surface area (Å²) in [6.45, 7) is 0. The van der Waals surface area contributed by atoms with Crippen molar-refractivity contribution in [1.82, 2.24) is 4.57 Å². The maximum Gasteiger partial charge on any atom is 0.143 e. The number of benzene rings is 9. The molecule has 0 fully saturated rings. The second kappa shape index (κ2) is 13.1. The Balaban J connectivity index is 0.987. The van der Waals surface area contributed by atoms with Crippen molar-refractivity contribution in [3.05, 3.63) is 206 Å². The summed E-state index contributed by atoms with van der Waals surface area (Å²) in [7, 11) is 0. The van der Waals surface area contributed by atoms with Gasteiger partial charge in [0.2, 0.25) is 0 Å². The molecule has 0 spiro atoms. The van der Waals surface area contributed by atoms with Crippen LogP contribution in [0.3, 0.4) is 0 Å². The molecular weight excluding hydrogens is 725 g/mol. The van der Waals surface area contributed by atoms with E-state index in [1.165, 1.54) is 53.1 Å². The predicted molar refractivity (Wildman–Crippen MR) is 247 cm³/mol. The fourth-order valence-corrected chi connectivity index (χ4v) is 9.98. The Kier molecular flexibility index (Phi) is 7.40. The van der Waals surface area contributed by atoms with Gasteiger partial charge in [0.15, 0.2) is 0 Å². The second-order valence-corrected chi connectivity index (χ2v) is 16.0. The highest BCUT2D eigenvalue weighted by atomic mass is 32.1. The number of para-hydroxylation sites is 4. The number of furan rings is 1. The first-order valence-corrected chi connectivity index (χ1v) is 20.5. The van der Waals surface area contributed by atoms with E-state index in [9.17, 15) is 0 Å². The van der Waals surface area contributed by atoms with Crippen LogP contribution >= 0.6 is 11.3 Å². The Morgan fingerprint density at radius 3 is 1.74 bits per heavy atom. The van der Waals surface area contributed by atoms with Gasteiger partial charge >= 0.3 is 0 Å². The van der Waals surface area contributed by atoms with Crippen molar-refractivity contribution in [2.45, 2.75) is 0 Å². The molecule has 0 saturated carbocycles. The fourth-order valence-electron chi connectivity index (χ4n) is 8.89. The quantitative estimate of drug-likeness (QED) is 0.168. The lowest BCUT2D eigenvalue weighted by atomic mass is 10.0. The molecule has 3 aromatic heterocycles. The summed E-state index contributed by atoms with van der Waals surface area (Å²) in [5.74, 6) is 0. The summed E-state index contributed by atoms with van der Waals surface area (Å²) in [5.41, 5.74) is 13.2. The van der Waals surface area contributed by atoms with Crippen LogP contribution in [0.2, 0.25) is 0 Å². The Morgan fingerprint density at radius 1 is 0.379 bits per heavy atom. The van der Waals surface area contributed by atoms with Crippen LogP contribution in [0.5, 0.6) is 0 Å². The van der Waals surface area contributed by atoms with Crippen molar-refractivity contribution in [3.63, 3.8) is 0 Å². The highest BCUT2D eigenvalue weighted by Crippen LogP contribution is 2.42. The lowest BCUT2D eigenvalue weighted by Crippen LogP contribution is -2.10. The highest BCUT2D eigenvalue weighted by Gasteiger charge is 2.18. The molecule has 0 bridgehead atoms. The summed E-state index contributed by atoms with van der Waals surface area (Å²) in [4.78, 5) is 2.36. The van der Waals surface area contributed by atoms with E-state index < -0.39 is 0 Å². The number of aromatic nitrogens is 1. The number of anilines is 3. The zero-order valence-corrected chi connectivity index (χ0v) is 32.2. The predicted octanol–water partition coefficient (Wildman–Crippen LogP) is 15.9. The molecule has 0 radical (unpaired) electrons.